The van der Waals surface area contributed by atoms with Gasteiger partial charge in [-0.2, -0.15) is 0 Å². The first-order chi connectivity index (χ1) is 11.5. The Balaban J connectivity index is 0.00000225. The third-order valence-electron chi connectivity index (χ3n) is 5.32. The van der Waals surface area contributed by atoms with Gasteiger partial charge in [-0.3, -0.25) is 9.59 Å². The van der Waals surface area contributed by atoms with Gasteiger partial charge < -0.3 is 16.0 Å². The second-order valence-electron chi connectivity index (χ2n) is 7.39. The summed E-state index contributed by atoms with van der Waals surface area (Å²) in [7, 11) is 0. The largest absolute Gasteiger partial charge is 0.350 e. The third kappa shape index (κ3) is 4.15. The highest BCUT2D eigenvalue weighted by molar-refractivity contribution is 5.98. The zero-order valence-electron chi connectivity index (χ0n) is 14.9. The minimum absolute atomic E-state index is 0. The van der Waals surface area contributed by atoms with Gasteiger partial charge in [-0.05, 0) is 63.4 Å². The smallest absolute Gasteiger partial charge is 0.251 e. The minimum atomic E-state index is -0.258. The van der Waals surface area contributed by atoms with Crippen molar-refractivity contribution in [1.82, 2.24) is 10.6 Å². The number of halogens is 1. The monoisotopic (exact) mass is 365 g/mol. The van der Waals surface area contributed by atoms with Crippen LogP contribution in [0.1, 0.15) is 49.9 Å². The van der Waals surface area contributed by atoms with E-state index in [4.69, 9.17) is 0 Å². The van der Waals surface area contributed by atoms with Crippen LogP contribution in [-0.4, -0.2) is 30.9 Å². The molecule has 1 aromatic rings. The van der Waals surface area contributed by atoms with Crippen molar-refractivity contribution >= 4 is 29.9 Å². The van der Waals surface area contributed by atoms with Gasteiger partial charge in [0, 0.05) is 23.8 Å². The van der Waals surface area contributed by atoms with Crippen molar-refractivity contribution in [2.75, 3.05) is 18.4 Å². The molecule has 1 heterocycles. The average Bonchev–Trinajstić information content (AvgIpc) is 3.00. The number of carbonyl (C=O) groups is 2. The molecule has 2 atom stereocenters. The van der Waals surface area contributed by atoms with E-state index in [1.54, 1.807) is 12.1 Å². The second kappa shape index (κ2) is 8.19. The summed E-state index contributed by atoms with van der Waals surface area (Å²) in [6.07, 6.45) is 4.45. The van der Waals surface area contributed by atoms with Crippen molar-refractivity contribution in [3.63, 3.8) is 0 Å². The topological polar surface area (TPSA) is 70.2 Å². The molecule has 0 unspecified atom stereocenters. The Bertz CT molecular complexity index is 618. The summed E-state index contributed by atoms with van der Waals surface area (Å²) in [5.74, 6) is 0.479. The zero-order valence-corrected chi connectivity index (χ0v) is 15.7. The summed E-state index contributed by atoms with van der Waals surface area (Å²) in [5, 5.41) is 9.34. The van der Waals surface area contributed by atoms with E-state index in [1.807, 2.05) is 26.0 Å². The number of fused-ring (bicyclic) bond motifs is 1. The van der Waals surface area contributed by atoms with Gasteiger partial charge in [0.05, 0.1) is 5.41 Å². The van der Waals surface area contributed by atoms with Gasteiger partial charge in [0.15, 0.2) is 0 Å². The first-order valence-electron chi connectivity index (χ1n) is 8.94. The Morgan fingerprint density at radius 3 is 2.60 bits per heavy atom. The lowest BCUT2D eigenvalue weighted by Gasteiger charge is -2.37. The number of benzene rings is 1. The van der Waals surface area contributed by atoms with E-state index in [-0.39, 0.29) is 35.7 Å². The Hall–Kier alpha value is -1.59. The van der Waals surface area contributed by atoms with Gasteiger partial charge in [-0.25, -0.2) is 0 Å². The fourth-order valence-corrected chi connectivity index (χ4v) is 4.00. The summed E-state index contributed by atoms with van der Waals surface area (Å²) in [6.45, 7) is 5.59. The van der Waals surface area contributed by atoms with E-state index in [0.717, 1.165) is 38.0 Å². The quantitative estimate of drug-likeness (QED) is 0.768. The highest BCUT2D eigenvalue weighted by atomic mass is 35.5. The molecule has 2 fully saturated rings. The molecule has 6 heteroatoms. The van der Waals surface area contributed by atoms with Gasteiger partial charge in [-0.15, -0.1) is 12.4 Å². The van der Waals surface area contributed by atoms with Crippen molar-refractivity contribution in [3.05, 3.63) is 29.8 Å². The number of amides is 2. The normalized spacial score (nSPS) is 25.0. The van der Waals surface area contributed by atoms with Crippen LogP contribution in [0.25, 0.3) is 0 Å². The van der Waals surface area contributed by atoms with Crippen molar-refractivity contribution in [2.24, 2.45) is 11.3 Å². The second-order valence-corrected chi connectivity index (χ2v) is 7.39. The molecule has 1 saturated heterocycles. The SMILES string of the molecule is CC(C)NC(=O)c1ccc(NC(=O)[C@@]23CCCC[C@H]2CNC3)cc1.Cl. The molecular weight excluding hydrogens is 338 g/mol. The first kappa shape index (κ1) is 19.7. The van der Waals surface area contributed by atoms with Crippen molar-refractivity contribution < 1.29 is 9.59 Å². The molecule has 0 spiro atoms. The number of rotatable bonds is 4. The molecule has 2 aliphatic rings. The lowest BCUT2D eigenvalue weighted by Crippen LogP contribution is -2.44. The first-order valence-corrected chi connectivity index (χ1v) is 8.94. The maximum absolute atomic E-state index is 12.9. The van der Waals surface area contributed by atoms with E-state index in [0.29, 0.717) is 11.5 Å². The number of nitrogens with one attached hydrogen (secondary N) is 3. The Kier molecular flexibility index (Phi) is 6.47. The van der Waals surface area contributed by atoms with Crippen LogP contribution < -0.4 is 16.0 Å². The molecule has 0 bridgehead atoms. The summed E-state index contributed by atoms with van der Waals surface area (Å²) >= 11 is 0. The van der Waals surface area contributed by atoms with Crippen LogP contribution in [0.5, 0.6) is 0 Å². The van der Waals surface area contributed by atoms with Crippen molar-refractivity contribution in [3.8, 4) is 0 Å². The van der Waals surface area contributed by atoms with E-state index in [2.05, 4.69) is 16.0 Å². The standard InChI is InChI=1S/C19H27N3O2.ClH/c1-13(2)21-17(23)14-6-8-16(9-7-14)22-18(24)19-10-4-3-5-15(19)11-20-12-19;/h6-9,13,15,20H,3-5,10-12H2,1-2H3,(H,21,23)(H,22,24);1H/t15-,19+;/m0./s1. The predicted molar refractivity (Wildman–Crippen MR) is 102 cm³/mol. The number of hydrogen-bond donors (Lipinski definition) is 3. The van der Waals surface area contributed by atoms with E-state index >= 15 is 0 Å². The van der Waals surface area contributed by atoms with Crippen molar-refractivity contribution in [1.29, 1.82) is 0 Å². The highest BCUT2D eigenvalue weighted by Gasteiger charge is 2.49. The number of hydrogen-bond acceptors (Lipinski definition) is 3. The minimum Gasteiger partial charge on any atom is -0.350 e. The Morgan fingerprint density at radius 2 is 1.92 bits per heavy atom. The van der Waals surface area contributed by atoms with Crippen LogP contribution in [0.4, 0.5) is 5.69 Å². The maximum atomic E-state index is 12.9. The van der Waals surface area contributed by atoms with E-state index < -0.39 is 0 Å². The Morgan fingerprint density at radius 1 is 1.20 bits per heavy atom. The van der Waals surface area contributed by atoms with Crippen LogP contribution in [0, 0.1) is 11.3 Å². The molecule has 25 heavy (non-hydrogen) atoms. The van der Waals surface area contributed by atoms with E-state index in [1.165, 1.54) is 6.42 Å². The molecule has 3 N–H and O–H groups in total. The molecule has 3 rings (SSSR count). The Labute approximate surface area is 155 Å². The molecule has 1 aromatic carbocycles. The van der Waals surface area contributed by atoms with Crippen LogP contribution >= 0.6 is 12.4 Å². The summed E-state index contributed by atoms with van der Waals surface area (Å²) in [5.41, 5.74) is 1.11. The summed E-state index contributed by atoms with van der Waals surface area (Å²) < 4.78 is 0. The maximum Gasteiger partial charge on any atom is 0.251 e. The van der Waals surface area contributed by atoms with Gasteiger partial charge in [0.2, 0.25) is 5.91 Å². The molecule has 138 valence electrons. The lowest BCUT2D eigenvalue weighted by molar-refractivity contribution is -0.128. The van der Waals surface area contributed by atoms with Gasteiger partial charge >= 0.3 is 0 Å². The average molecular weight is 366 g/mol. The van der Waals surface area contributed by atoms with Crippen LogP contribution in [0.2, 0.25) is 0 Å². The molecule has 0 aromatic heterocycles. The third-order valence-corrected chi connectivity index (χ3v) is 5.32. The molecular formula is C19H28ClN3O2. The van der Waals surface area contributed by atoms with Crippen LogP contribution in [0.3, 0.4) is 0 Å². The summed E-state index contributed by atoms with van der Waals surface area (Å²) in [6, 6.07) is 7.24. The number of anilines is 1. The van der Waals surface area contributed by atoms with Crippen LogP contribution in [-0.2, 0) is 4.79 Å². The predicted octanol–water partition coefficient (Wildman–Crippen LogP) is 2.96. The van der Waals surface area contributed by atoms with Gasteiger partial charge in [-0.1, -0.05) is 12.8 Å². The highest BCUT2D eigenvalue weighted by Crippen LogP contribution is 2.44. The summed E-state index contributed by atoms with van der Waals surface area (Å²) in [4.78, 5) is 24.9. The van der Waals surface area contributed by atoms with Gasteiger partial charge in [0.1, 0.15) is 0 Å². The molecule has 1 aliphatic heterocycles. The fourth-order valence-electron chi connectivity index (χ4n) is 4.00. The molecule has 5 nitrogen and oxygen atoms in total. The van der Waals surface area contributed by atoms with Crippen molar-refractivity contribution in [2.45, 2.75) is 45.6 Å². The molecule has 1 saturated carbocycles. The number of carbonyl (C=O) groups excluding carboxylic acids is 2. The lowest BCUT2D eigenvalue weighted by atomic mass is 9.67. The van der Waals surface area contributed by atoms with Gasteiger partial charge in [0.25, 0.3) is 5.91 Å². The fraction of sp³-hybridized carbons (Fsp3) is 0.579. The zero-order chi connectivity index (χ0) is 17.2. The molecule has 2 amide bonds. The molecule has 0 radical (unpaired) electrons. The molecule has 1 aliphatic carbocycles. The van der Waals surface area contributed by atoms with E-state index in [9.17, 15) is 9.59 Å². The van der Waals surface area contributed by atoms with Crippen LogP contribution in [0.15, 0.2) is 24.3 Å².